The number of carboxylic acids is 1. The quantitative estimate of drug-likeness (QED) is 0.737. The van der Waals surface area contributed by atoms with Crippen molar-refractivity contribution in [2.75, 3.05) is 5.73 Å². The molecule has 0 bridgehead atoms. The summed E-state index contributed by atoms with van der Waals surface area (Å²) < 4.78 is 0.726. The van der Waals surface area contributed by atoms with Crippen LogP contribution >= 0.6 is 22.9 Å². The summed E-state index contributed by atoms with van der Waals surface area (Å²) in [7, 11) is 0. The number of halogens is 1. The molecule has 0 radical (unpaired) electrons. The lowest BCUT2D eigenvalue weighted by Gasteiger charge is -1.96. The number of thiophene rings is 1. The van der Waals surface area contributed by atoms with Crippen LogP contribution in [0, 0.1) is 0 Å². The highest BCUT2D eigenvalue weighted by molar-refractivity contribution is 7.21. The molecule has 0 aliphatic carbocycles. The Morgan fingerprint density at radius 3 is 2.86 bits per heavy atom. The van der Waals surface area contributed by atoms with E-state index in [1.807, 2.05) is 0 Å². The molecule has 0 atom stereocenters. The van der Waals surface area contributed by atoms with Gasteiger partial charge in [-0.2, -0.15) is 0 Å². The van der Waals surface area contributed by atoms with Gasteiger partial charge in [0.15, 0.2) is 0 Å². The molecule has 0 aliphatic heterocycles. The highest BCUT2D eigenvalue weighted by Gasteiger charge is 2.11. The second kappa shape index (κ2) is 3.15. The summed E-state index contributed by atoms with van der Waals surface area (Å²) in [6.07, 6.45) is 0. The Labute approximate surface area is 88.7 Å². The maximum atomic E-state index is 10.7. The van der Waals surface area contributed by atoms with Gasteiger partial charge in [0, 0.05) is 0 Å². The molecule has 5 heteroatoms. The first-order valence-corrected chi connectivity index (χ1v) is 5.00. The predicted molar refractivity (Wildman–Crippen MR) is 58.2 cm³/mol. The molecule has 1 aromatic heterocycles. The van der Waals surface area contributed by atoms with Gasteiger partial charge in [0.1, 0.15) is 4.88 Å². The average molecular weight is 228 g/mol. The number of anilines is 1. The topological polar surface area (TPSA) is 63.3 Å². The molecule has 0 saturated carbocycles. The molecule has 3 N–H and O–H groups in total. The Morgan fingerprint density at radius 2 is 2.21 bits per heavy atom. The van der Waals surface area contributed by atoms with Gasteiger partial charge >= 0.3 is 5.97 Å². The molecule has 2 aromatic rings. The summed E-state index contributed by atoms with van der Waals surface area (Å²) >= 11 is 7.07. The largest absolute Gasteiger partial charge is 0.477 e. The molecule has 1 heterocycles. The van der Waals surface area contributed by atoms with Crippen molar-refractivity contribution < 1.29 is 9.90 Å². The molecule has 0 aliphatic rings. The predicted octanol–water partition coefficient (Wildman–Crippen LogP) is 2.84. The van der Waals surface area contributed by atoms with E-state index in [1.54, 1.807) is 18.2 Å². The van der Waals surface area contributed by atoms with E-state index < -0.39 is 5.97 Å². The van der Waals surface area contributed by atoms with Crippen LogP contribution in [-0.2, 0) is 0 Å². The number of nitrogens with two attached hydrogens (primary N) is 1. The van der Waals surface area contributed by atoms with Crippen LogP contribution in [0.4, 0.5) is 5.69 Å². The summed E-state index contributed by atoms with van der Waals surface area (Å²) in [5.74, 6) is -0.944. The Bertz CT molecular complexity index is 521. The van der Waals surface area contributed by atoms with E-state index in [1.165, 1.54) is 0 Å². The van der Waals surface area contributed by atoms with Crippen molar-refractivity contribution in [1.82, 2.24) is 0 Å². The fourth-order valence-electron chi connectivity index (χ4n) is 1.19. The van der Waals surface area contributed by atoms with Gasteiger partial charge < -0.3 is 10.8 Å². The molecule has 72 valence electrons. The van der Waals surface area contributed by atoms with E-state index >= 15 is 0 Å². The van der Waals surface area contributed by atoms with Crippen molar-refractivity contribution in [3.63, 3.8) is 0 Å². The first-order valence-electron chi connectivity index (χ1n) is 3.80. The molecule has 14 heavy (non-hydrogen) atoms. The zero-order valence-corrected chi connectivity index (χ0v) is 8.52. The Morgan fingerprint density at radius 1 is 1.50 bits per heavy atom. The molecule has 0 saturated heterocycles. The van der Waals surface area contributed by atoms with Crippen LogP contribution in [0.3, 0.4) is 0 Å². The fourth-order valence-corrected chi connectivity index (χ4v) is 2.42. The van der Waals surface area contributed by atoms with E-state index in [2.05, 4.69) is 0 Å². The lowest BCUT2D eigenvalue weighted by molar-refractivity contribution is 0.0702. The van der Waals surface area contributed by atoms with Crippen LogP contribution in [0.2, 0.25) is 5.02 Å². The van der Waals surface area contributed by atoms with Gasteiger partial charge in [-0.1, -0.05) is 17.7 Å². The van der Waals surface area contributed by atoms with Crippen molar-refractivity contribution in [1.29, 1.82) is 0 Å². The van der Waals surface area contributed by atoms with Gasteiger partial charge in [0.2, 0.25) is 0 Å². The van der Waals surface area contributed by atoms with Gasteiger partial charge in [-0.3, -0.25) is 0 Å². The number of hydrogen-bond donors (Lipinski definition) is 2. The molecule has 2 rings (SSSR count). The van der Waals surface area contributed by atoms with E-state index in [9.17, 15) is 4.79 Å². The number of carboxylic acid groups (broad SMARTS) is 1. The van der Waals surface area contributed by atoms with Crippen LogP contribution in [0.15, 0.2) is 18.2 Å². The number of benzene rings is 1. The van der Waals surface area contributed by atoms with Gasteiger partial charge in [0.25, 0.3) is 0 Å². The van der Waals surface area contributed by atoms with Crippen LogP contribution in [0.1, 0.15) is 9.67 Å². The van der Waals surface area contributed by atoms with Crippen LogP contribution in [0.25, 0.3) is 10.1 Å². The van der Waals surface area contributed by atoms with E-state index in [4.69, 9.17) is 22.4 Å². The van der Waals surface area contributed by atoms with Gasteiger partial charge in [-0.05, 0) is 17.5 Å². The third kappa shape index (κ3) is 1.32. The molecule has 3 nitrogen and oxygen atoms in total. The summed E-state index contributed by atoms with van der Waals surface area (Å²) in [6, 6.07) is 5.02. The van der Waals surface area contributed by atoms with E-state index in [0.717, 1.165) is 21.4 Å². The Hall–Kier alpha value is -1.26. The summed E-state index contributed by atoms with van der Waals surface area (Å²) in [4.78, 5) is 11.0. The molecule has 0 fully saturated rings. The third-order valence-electron chi connectivity index (χ3n) is 1.87. The van der Waals surface area contributed by atoms with Crippen LogP contribution in [-0.4, -0.2) is 11.1 Å². The maximum absolute atomic E-state index is 10.7. The highest BCUT2D eigenvalue weighted by atomic mass is 35.5. The Kier molecular flexibility index (Phi) is 2.09. The summed E-state index contributed by atoms with van der Waals surface area (Å²) in [5, 5.41) is 10.0. The zero-order valence-electron chi connectivity index (χ0n) is 6.95. The summed E-state index contributed by atoms with van der Waals surface area (Å²) in [5.41, 5.74) is 6.07. The second-order valence-electron chi connectivity index (χ2n) is 2.80. The lowest BCUT2D eigenvalue weighted by atomic mass is 10.2. The van der Waals surface area contributed by atoms with Gasteiger partial charge in [-0.25, -0.2) is 4.79 Å². The molecule has 0 spiro atoms. The molecule has 1 aromatic carbocycles. The number of nitrogen functional groups attached to an aromatic ring is 1. The van der Waals surface area contributed by atoms with Crippen LogP contribution < -0.4 is 5.73 Å². The fraction of sp³-hybridized carbons (Fsp3) is 0. The number of carbonyl (C=O) groups is 1. The van der Waals surface area contributed by atoms with E-state index in [0.29, 0.717) is 10.7 Å². The highest BCUT2D eigenvalue weighted by Crippen LogP contribution is 2.35. The maximum Gasteiger partial charge on any atom is 0.345 e. The monoisotopic (exact) mass is 227 g/mol. The normalized spacial score (nSPS) is 10.6. The number of rotatable bonds is 1. The van der Waals surface area contributed by atoms with Gasteiger partial charge in [-0.15, -0.1) is 11.3 Å². The van der Waals surface area contributed by atoms with E-state index in [-0.39, 0.29) is 4.88 Å². The van der Waals surface area contributed by atoms with Crippen molar-refractivity contribution >= 4 is 44.7 Å². The Balaban J connectivity index is 2.77. The molecule has 0 unspecified atom stereocenters. The van der Waals surface area contributed by atoms with Crippen molar-refractivity contribution in [2.45, 2.75) is 0 Å². The SMILES string of the molecule is Nc1ccc2cc(C(=O)O)sc2c1Cl. The number of hydrogen-bond acceptors (Lipinski definition) is 3. The standard InChI is InChI=1S/C9H6ClNO2S/c10-7-5(11)2-1-4-3-6(9(12)13)14-8(4)7/h1-3H,11H2,(H,12,13). The third-order valence-corrected chi connectivity index (χ3v) is 3.54. The number of fused-ring (bicyclic) bond motifs is 1. The minimum atomic E-state index is -0.944. The molecular formula is C9H6ClNO2S. The molecule has 0 amide bonds. The first-order chi connectivity index (χ1) is 6.59. The van der Waals surface area contributed by atoms with Gasteiger partial charge in [0.05, 0.1) is 15.4 Å². The zero-order chi connectivity index (χ0) is 10.3. The van der Waals surface area contributed by atoms with Crippen molar-refractivity contribution in [3.05, 3.63) is 28.1 Å². The van der Waals surface area contributed by atoms with Crippen LogP contribution in [0.5, 0.6) is 0 Å². The average Bonchev–Trinajstić information content (AvgIpc) is 2.56. The minimum Gasteiger partial charge on any atom is -0.477 e. The lowest BCUT2D eigenvalue weighted by Crippen LogP contribution is -1.89. The first kappa shape index (κ1) is 9.30. The molecular weight excluding hydrogens is 222 g/mol. The smallest absolute Gasteiger partial charge is 0.345 e. The summed E-state index contributed by atoms with van der Waals surface area (Å²) in [6.45, 7) is 0. The van der Waals surface area contributed by atoms with Crippen molar-refractivity contribution in [2.24, 2.45) is 0 Å². The second-order valence-corrected chi connectivity index (χ2v) is 4.23. The number of aromatic carboxylic acids is 1. The van der Waals surface area contributed by atoms with Crippen molar-refractivity contribution in [3.8, 4) is 0 Å². The minimum absolute atomic E-state index is 0.271.